The van der Waals surface area contributed by atoms with E-state index in [9.17, 15) is 19.7 Å². The molecule has 10 nitrogen and oxygen atoms in total. The molecule has 1 saturated heterocycles. The van der Waals surface area contributed by atoms with Crippen LogP contribution in [0.3, 0.4) is 0 Å². The van der Waals surface area contributed by atoms with Crippen molar-refractivity contribution in [1.82, 2.24) is 9.97 Å². The minimum atomic E-state index is -0.628. The van der Waals surface area contributed by atoms with Crippen LogP contribution in [0.25, 0.3) is 0 Å². The number of carbonyl (C=O) groups excluding carboxylic acids is 2. The van der Waals surface area contributed by atoms with Gasteiger partial charge in [0.05, 0.1) is 12.0 Å². The van der Waals surface area contributed by atoms with Gasteiger partial charge in [-0.05, 0) is 43.5 Å². The van der Waals surface area contributed by atoms with Crippen LogP contribution >= 0.6 is 0 Å². The second-order valence-electron chi connectivity index (χ2n) is 6.46. The number of nitro groups is 1. The molecule has 1 fully saturated rings. The van der Waals surface area contributed by atoms with Crippen LogP contribution in [0.2, 0.25) is 0 Å². The van der Waals surface area contributed by atoms with Crippen LogP contribution in [0.4, 0.5) is 11.5 Å². The Morgan fingerprint density at radius 1 is 1.14 bits per heavy atom. The highest BCUT2D eigenvalue weighted by molar-refractivity contribution is 6.05. The van der Waals surface area contributed by atoms with Crippen LogP contribution in [-0.2, 0) is 9.53 Å². The van der Waals surface area contributed by atoms with Gasteiger partial charge in [-0.15, -0.1) is 0 Å². The van der Waals surface area contributed by atoms with E-state index >= 15 is 0 Å². The second-order valence-corrected chi connectivity index (χ2v) is 6.46. The Bertz CT molecular complexity index is 909. The lowest BCUT2D eigenvalue weighted by atomic mass is 10.1. The Morgan fingerprint density at radius 2 is 1.83 bits per heavy atom. The van der Waals surface area contributed by atoms with Crippen LogP contribution in [-0.4, -0.2) is 46.8 Å². The summed E-state index contributed by atoms with van der Waals surface area (Å²) in [6.07, 6.45) is 3.84. The molecule has 29 heavy (non-hydrogen) atoms. The predicted octanol–water partition coefficient (Wildman–Crippen LogP) is 2.91. The van der Waals surface area contributed by atoms with Crippen molar-refractivity contribution in [1.29, 1.82) is 0 Å². The van der Waals surface area contributed by atoms with Gasteiger partial charge >= 0.3 is 17.5 Å². The average Bonchev–Trinajstić information content (AvgIpc) is 2.74. The van der Waals surface area contributed by atoms with Crippen molar-refractivity contribution in [2.24, 2.45) is 0 Å². The maximum absolute atomic E-state index is 12.0. The molecule has 0 N–H and O–H groups in total. The number of piperidine rings is 1. The van der Waals surface area contributed by atoms with Gasteiger partial charge in [-0.3, -0.25) is 19.7 Å². The summed E-state index contributed by atoms with van der Waals surface area (Å²) in [5.41, 5.74) is 0.00851. The van der Waals surface area contributed by atoms with Gasteiger partial charge in [0.25, 0.3) is 0 Å². The second kappa shape index (κ2) is 9.09. The number of benzene rings is 1. The Kier molecular flexibility index (Phi) is 6.32. The van der Waals surface area contributed by atoms with Crippen molar-refractivity contribution >= 4 is 23.3 Å². The first-order chi connectivity index (χ1) is 14.0. The third-order valence-electron chi connectivity index (χ3n) is 4.53. The molecule has 0 atom stereocenters. The third kappa shape index (κ3) is 4.84. The van der Waals surface area contributed by atoms with Crippen LogP contribution in [0.15, 0.2) is 30.6 Å². The van der Waals surface area contributed by atoms with E-state index in [0.29, 0.717) is 18.7 Å². The molecule has 0 unspecified atom stereocenters. The largest absolute Gasteiger partial charge is 0.469 e. The minimum Gasteiger partial charge on any atom is -0.469 e. The Balaban J connectivity index is 1.81. The van der Waals surface area contributed by atoms with Gasteiger partial charge in [0, 0.05) is 18.7 Å². The fourth-order valence-corrected chi connectivity index (χ4v) is 3.05. The standard InChI is InChI=1S/C19H20N4O6/c1-28-16(25)11-15(24)13-5-7-14(8-6-13)29-19-17(23(26)27)18(20-12-21-19)22-9-3-2-4-10-22/h5-8,12H,2-4,9-11H2,1H3. The molecular formula is C19H20N4O6. The Hall–Kier alpha value is -3.56. The minimum absolute atomic E-state index is 0.167. The number of anilines is 1. The fraction of sp³-hybridized carbons (Fsp3) is 0.368. The molecule has 1 aromatic carbocycles. The number of hydrogen-bond acceptors (Lipinski definition) is 9. The number of methoxy groups -OCH3 is 1. The zero-order valence-electron chi connectivity index (χ0n) is 15.9. The normalized spacial score (nSPS) is 13.6. The predicted molar refractivity (Wildman–Crippen MR) is 102 cm³/mol. The van der Waals surface area contributed by atoms with Crippen LogP contribution in [0.5, 0.6) is 11.6 Å². The van der Waals surface area contributed by atoms with E-state index in [4.69, 9.17) is 4.74 Å². The number of aromatic nitrogens is 2. The lowest BCUT2D eigenvalue weighted by molar-refractivity contribution is -0.385. The lowest BCUT2D eigenvalue weighted by Gasteiger charge is -2.27. The highest BCUT2D eigenvalue weighted by atomic mass is 16.6. The van der Waals surface area contributed by atoms with Crippen LogP contribution in [0, 0.1) is 10.1 Å². The number of ketones is 1. The first-order valence-electron chi connectivity index (χ1n) is 9.12. The summed E-state index contributed by atoms with van der Waals surface area (Å²) in [4.78, 5) is 44.2. The van der Waals surface area contributed by atoms with E-state index < -0.39 is 16.7 Å². The maximum Gasteiger partial charge on any atom is 0.373 e. The highest BCUT2D eigenvalue weighted by Gasteiger charge is 2.29. The number of esters is 1. The van der Waals surface area contributed by atoms with E-state index in [1.165, 1.54) is 37.7 Å². The summed E-state index contributed by atoms with van der Waals surface area (Å²) in [6, 6.07) is 5.91. The highest BCUT2D eigenvalue weighted by Crippen LogP contribution is 2.36. The zero-order valence-corrected chi connectivity index (χ0v) is 15.9. The average molecular weight is 400 g/mol. The van der Waals surface area contributed by atoms with E-state index in [2.05, 4.69) is 14.7 Å². The van der Waals surface area contributed by atoms with Gasteiger partial charge in [0.1, 0.15) is 18.5 Å². The molecule has 1 aromatic heterocycles. The molecule has 0 bridgehead atoms. The van der Waals surface area contributed by atoms with Crippen molar-refractivity contribution in [2.75, 3.05) is 25.1 Å². The van der Waals surface area contributed by atoms with Gasteiger partial charge in [0.15, 0.2) is 5.78 Å². The molecule has 0 spiro atoms. The summed E-state index contributed by atoms with van der Waals surface area (Å²) in [7, 11) is 1.21. The summed E-state index contributed by atoms with van der Waals surface area (Å²) >= 11 is 0. The van der Waals surface area contributed by atoms with E-state index in [1.54, 1.807) is 0 Å². The van der Waals surface area contributed by atoms with Gasteiger partial charge in [-0.2, -0.15) is 4.98 Å². The van der Waals surface area contributed by atoms with Gasteiger partial charge in [-0.1, -0.05) is 0 Å². The molecular weight excluding hydrogens is 380 g/mol. The van der Waals surface area contributed by atoms with Crippen molar-refractivity contribution in [3.05, 3.63) is 46.3 Å². The lowest BCUT2D eigenvalue weighted by Crippen LogP contribution is -2.30. The molecule has 2 aromatic rings. The van der Waals surface area contributed by atoms with Gasteiger partial charge < -0.3 is 14.4 Å². The number of ether oxygens (including phenoxy) is 2. The number of hydrogen-bond donors (Lipinski definition) is 0. The number of rotatable bonds is 7. The van der Waals surface area contributed by atoms with E-state index in [-0.39, 0.29) is 29.6 Å². The Labute approximate surface area is 166 Å². The molecule has 0 amide bonds. The van der Waals surface area contributed by atoms with E-state index in [0.717, 1.165) is 19.3 Å². The third-order valence-corrected chi connectivity index (χ3v) is 4.53. The molecule has 0 aliphatic carbocycles. The quantitative estimate of drug-likeness (QED) is 0.227. The van der Waals surface area contributed by atoms with Crippen LogP contribution in [0.1, 0.15) is 36.0 Å². The topological polar surface area (TPSA) is 125 Å². The molecule has 3 rings (SSSR count). The van der Waals surface area contributed by atoms with Gasteiger partial charge in [-0.25, -0.2) is 4.98 Å². The van der Waals surface area contributed by atoms with Crippen molar-refractivity contribution < 1.29 is 24.0 Å². The van der Waals surface area contributed by atoms with Crippen molar-refractivity contribution in [3.63, 3.8) is 0 Å². The molecule has 1 aliphatic heterocycles. The molecule has 1 aliphatic rings. The smallest absolute Gasteiger partial charge is 0.373 e. The fourth-order valence-electron chi connectivity index (χ4n) is 3.05. The summed E-state index contributed by atoms with van der Waals surface area (Å²) in [5.74, 6) is -0.684. The summed E-state index contributed by atoms with van der Waals surface area (Å²) in [5, 5.41) is 11.7. The summed E-state index contributed by atoms with van der Waals surface area (Å²) < 4.78 is 10.1. The van der Waals surface area contributed by atoms with Crippen molar-refractivity contribution in [3.8, 4) is 11.6 Å². The first-order valence-corrected chi connectivity index (χ1v) is 9.12. The maximum atomic E-state index is 12.0. The monoisotopic (exact) mass is 400 g/mol. The van der Waals surface area contributed by atoms with E-state index in [1.807, 2.05) is 4.90 Å². The SMILES string of the molecule is COC(=O)CC(=O)c1ccc(Oc2ncnc(N3CCCCC3)c2[N+](=O)[O-])cc1. The summed E-state index contributed by atoms with van der Waals surface area (Å²) in [6.45, 7) is 1.38. The molecule has 2 heterocycles. The number of Topliss-reactive ketones (excluding diaryl/α,β-unsaturated/α-hetero) is 1. The number of carbonyl (C=O) groups is 2. The van der Waals surface area contributed by atoms with Crippen molar-refractivity contribution in [2.45, 2.75) is 25.7 Å². The molecule has 0 radical (unpaired) electrons. The molecule has 152 valence electrons. The first kappa shape index (κ1) is 20.2. The van der Waals surface area contributed by atoms with Crippen LogP contribution < -0.4 is 9.64 Å². The number of nitrogens with zero attached hydrogens (tertiary/aromatic N) is 4. The van der Waals surface area contributed by atoms with Gasteiger partial charge in [0.2, 0.25) is 5.82 Å². The molecule has 0 saturated carbocycles. The molecule has 10 heteroatoms. The zero-order chi connectivity index (χ0) is 20.8. The Morgan fingerprint density at radius 3 is 2.45 bits per heavy atom.